The number of rotatable bonds is 7. The molecule has 1 rings (SSSR count). The summed E-state index contributed by atoms with van der Waals surface area (Å²) in [5, 5.41) is 14.3. The first-order valence-electron chi connectivity index (χ1n) is 7.57. The largest absolute Gasteiger partial charge is 0.481 e. The molecule has 0 aliphatic rings. The Hall–Kier alpha value is -2.02. The summed E-state index contributed by atoms with van der Waals surface area (Å²) in [4.78, 5) is 35.9. The van der Waals surface area contributed by atoms with Gasteiger partial charge in [0.05, 0.1) is 19.0 Å². The molecule has 0 spiro atoms. The summed E-state index contributed by atoms with van der Waals surface area (Å²) in [7, 11) is 0. The lowest BCUT2D eigenvalue weighted by Crippen LogP contribution is -2.42. The Morgan fingerprint density at radius 1 is 1.17 bits per heavy atom. The van der Waals surface area contributed by atoms with Crippen molar-refractivity contribution in [1.29, 1.82) is 0 Å². The van der Waals surface area contributed by atoms with E-state index in [1.165, 1.54) is 0 Å². The van der Waals surface area contributed by atoms with Crippen molar-refractivity contribution < 1.29 is 19.5 Å². The topological polar surface area (TPSA) is 95.5 Å². The van der Waals surface area contributed by atoms with Crippen LogP contribution in [0.2, 0.25) is 0 Å². The first kappa shape index (κ1) is 20.0. The quantitative estimate of drug-likeness (QED) is 0.654. The van der Waals surface area contributed by atoms with E-state index in [0.29, 0.717) is 5.56 Å². The third-order valence-corrected chi connectivity index (χ3v) is 4.07. The van der Waals surface area contributed by atoms with E-state index in [2.05, 4.69) is 10.6 Å². The highest BCUT2D eigenvalue weighted by molar-refractivity contribution is 7.98. The first-order chi connectivity index (χ1) is 11.1. The summed E-state index contributed by atoms with van der Waals surface area (Å²) in [6.07, 6.45) is 1.72. The number of benzene rings is 1. The maximum Gasteiger partial charge on any atom is 0.305 e. The maximum atomic E-state index is 12.0. The molecule has 6 nitrogen and oxygen atoms in total. The van der Waals surface area contributed by atoms with Crippen molar-refractivity contribution in [2.24, 2.45) is 5.41 Å². The van der Waals surface area contributed by atoms with E-state index in [9.17, 15) is 14.4 Å². The Bertz CT molecular complexity index is 594. The predicted octanol–water partition coefficient (Wildman–Crippen LogP) is 2.20. The van der Waals surface area contributed by atoms with Crippen LogP contribution in [0.1, 0.15) is 38.8 Å². The summed E-state index contributed by atoms with van der Waals surface area (Å²) >= 11 is 1.58. The SMILES string of the molecule is CSc1ccc(C(CC(=O)O)NC(=O)CNC(=O)C(C)(C)C)cc1. The molecule has 0 bridgehead atoms. The van der Waals surface area contributed by atoms with Crippen molar-refractivity contribution in [3.05, 3.63) is 29.8 Å². The van der Waals surface area contributed by atoms with Crippen molar-refractivity contribution in [2.75, 3.05) is 12.8 Å². The van der Waals surface area contributed by atoms with Crippen LogP contribution in [0.25, 0.3) is 0 Å². The molecule has 132 valence electrons. The van der Waals surface area contributed by atoms with Gasteiger partial charge >= 0.3 is 5.97 Å². The zero-order valence-corrected chi connectivity index (χ0v) is 15.2. The van der Waals surface area contributed by atoms with Gasteiger partial charge in [-0.3, -0.25) is 14.4 Å². The van der Waals surface area contributed by atoms with Gasteiger partial charge in [0.25, 0.3) is 0 Å². The standard InChI is InChI=1S/C17H24N2O4S/c1-17(2,3)16(23)18-10-14(20)19-13(9-15(21)22)11-5-7-12(24-4)8-6-11/h5-8,13H,9-10H2,1-4H3,(H,18,23)(H,19,20)(H,21,22). The van der Waals surface area contributed by atoms with Crippen molar-refractivity contribution in [3.63, 3.8) is 0 Å². The van der Waals surface area contributed by atoms with Gasteiger partial charge in [-0.05, 0) is 24.0 Å². The summed E-state index contributed by atoms with van der Waals surface area (Å²) in [6.45, 7) is 5.07. The Kier molecular flexibility index (Phi) is 7.28. The minimum absolute atomic E-state index is 0.185. The molecule has 0 heterocycles. The number of aliphatic carboxylic acids is 1. The van der Waals surface area contributed by atoms with Gasteiger partial charge in [-0.2, -0.15) is 0 Å². The molecule has 3 N–H and O–H groups in total. The van der Waals surface area contributed by atoms with Crippen LogP contribution in [-0.4, -0.2) is 35.7 Å². The molecule has 7 heteroatoms. The second-order valence-electron chi connectivity index (χ2n) is 6.42. The summed E-state index contributed by atoms with van der Waals surface area (Å²) in [6, 6.07) is 6.71. The minimum Gasteiger partial charge on any atom is -0.481 e. The fourth-order valence-corrected chi connectivity index (χ4v) is 2.34. The predicted molar refractivity (Wildman–Crippen MR) is 93.8 cm³/mol. The number of carbonyl (C=O) groups is 3. The maximum absolute atomic E-state index is 12.0. The van der Waals surface area contributed by atoms with E-state index in [0.717, 1.165) is 4.90 Å². The molecule has 0 aliphatic heterocycles. The average Bonchev–Trinajstić information content (AvgIpc) is 2.50. The fraction of sp³-hybridized carbons (Fsp3) is 0.471. The number of hydrogen-bond donors (Lipinski definition) is 3. The van der Waals surface area contributed by atoms with Crippen LogP contribution in [-0.2, 0) is 14.4 Å². The van der Waals surface area contributed by atoms with Crippen LogP contribution >= 0.6 is 11.8 Å². The van der Waals surface area contributed by atoms with Crippen LogP contribution < -0.4 is 10.6 Å². The molecular weight excluding hydrogens is 328 g/mol. The third kappa shape index (κ3) is 6.62. The van der Waals surface area contributed by atoms with Crippen LogP contribution in [0, 0.1) is 5.41 Å². The normalized spacial score (nSPS) is 12.3. The molecule has 1 aromatic carbocycles. The molecule has 0 saturated heterocycles. The van der Waals surface area contributed by atoms with Crippen molar-refractivity contribution in [1.82, 2.24) is 10.6 Å². The monoisotopic (exact) mass is 352 g/mol. The van der Waals surface area contributed by atoms with Gasteiger partial charge in [0.15, 0.2) is 0 Å². The highest BCUT2D eigenvalue weighted by Gasteiger charge is 2.23. The second-order valence-corrected chi connectivity index (χ2v) is 7.30. The molecule has 24 heavy (non-hydrogen) atoms. The summed E-state index contributed by atoms with van der Waals surface area (Å²) < 4.78 is 0. The summed E-state index contributed by atoms with van der Waals surface area (Å²) in [5.41, 5.74) is 0.125. The van der Waals surface area contributed by atoms with Gasteiger partial charge in [0.1, 0.15) is 0 Å². The number of hydrogen-bond acceptors (Lipinski definition) is 4. The van der Waals surface area contributed by atoms with Gasteiger partial charge in [-0.1, -0.05) is 32.9 Å². The lowest BCUT2D eigenvalue weighted by atomic mass is 9.96. The number of thioether (sulfide) groups is 1. The Labute approximate surface area is 146 Å². The Balaban J connectivity index is 2.73. The van der Waals surface area contributed by atoms with Crippen LogP contribution in [0.4, 0.5) is 0 Å². The molecule has 0 aliphatic carbocycles. The lowest BCUT2D eigenvalue weighted by molar-refractivity contribution is -0.138. The number of carbonyl (C=O) groups excluding carboxylic acids is 2. The molecule has 1 atom stereocenters. The molecule has 0 saturated carbocycles. The highest BCUT2D eigenvalue weighted by Crippen LogP contribution is 2.21. The van der Waals surface area contributed by atoms with Crippen LogP contribution in [0.15, 0.2) is 29.2 Å². The average molecular weight is 352 g/mol. The Morgan fingerprint density at radius 2 is 1.75 bits per heavy atom. The number of nitrogens with one attached hydrogen (secondary N) is 2. The van der Waals surface area contributed by atoms with E-state index in [4.69, 9.17) is 5.11 Å². The molecular formula is C17H24N2O4S. The van der Waals surface area contributed by atoms with E-state index in [-0.39, 0.29) is 18.9 Å². The number of amides is 2. The number of carboxylic acids is 1. The molecule has 0 radical (unpaired) electrons. The molecule has 2 amide bonds. The van der Waals surface area contributed by atoms with Gasteiger partial charge < -0.3 is 15.7 Å². The van der Waals surface area contributed by atoms with E-state index < -0.39 is 23.3 Å². The fourth-order valence-electron chi connectivity index (χ4n) is 1.93. The number of carboxylic acid groups (broad SMARTS) is 1. The van der Waals surface area contributed by atoms with Crippen molar-refractivity contribution in [2.45, 2.75) is 38.1 Å². The van der Waals surface area contributed by atoms with E-state index in [1.807, 2.05) is 18.4 Å². The van der Waals surface area contributed by atoms with Gasteiger partial charge in [0.2, 0.25) is 11.8 Å². The van der Waals surface area contributed by atoms with Crippen molar-refractivity contribution >= 4 is 29.5 Å². The van der Waals surface area contributed by atoms with Crippen molar-refractivity contribution in [3.8, 4) is 0 Å². The minimum atomic E-state index is -1.01. The molecule has 0 aromatic heterocycles. The lowest BCUT2D eigenvalue weighted by Gasteiger charge is -2.20. The zero-order chi connectivity index (χ0) is 18.3. The first-order valence-corrected chi connectivity index (χ1v) is 8.79. The van der Waals surface area contributed by atoms with Gasteiger partial charge in [-0.15, -0.1) is 11.8 Å². The third-order valence-electron chi connectivity index (χ3n) is 3.32. The second kappa shape index (κ2) is 8.73. The van der Waals surface area contributed by atoms with Crippen LogP contribution in [0.5, 0.6) is 0 Å². The highest BCUT2D eigenvalue weighted by atomic mass is 32.2. The van der Waals surface area contributed by atoms with Gasteiger partial charge in [-0.25, -0.2) is 0 Å². The van der Waals surface area contributed by atoms with E-state index >= 15 is 0 Å². The molecule has 1 aromatic rings. The van der Waals surface area contributed by atoms with Crippen LogP contribution in [0.3, 0.4) is 0 Å². The Morgan fingerprint density at radius 3 is 2.21 bits per heavy atom. The molecule has 1 unspecified atom stereocenters. The van der Waals surface area contributed by atoms with Gasteiger partial charge in [0, 0.05) is 10.3 Å². The smallest absolute Gasteiger partial charge is 0.305 e. The van der Waals surface area contributed by atoms with E-state index in [1.54, 1.807) is 44.7 Å². The summed E-state index contributed by atoms with van der Waals surface area (Å²) in [5.74, 6) is -1.67. The zero-order valence-electron chi connectivity index (χ0n) is 14.4. The molecule has 0 fully saturated rings.